The summed E-state index contributed by atoms with van der Waals surface area (Å²) in [7, 11) is 0. The molecule has 0 fully saturated rings. The van der Waals surface area contributed by atoms with E-state index in [1.165, 1.54) is 16.8 Å². The zero-order valence-corrected chi connectivity index (χ0v) is 13.4. The van der Waals surface area contributed by atoms with Crippen molar-refractivity contribution in [2.45, 2.75) is 6.92 Å². The van der Waals surface area contributed by atoms with E-state index in [0.29, 0.717) is 22.5 Å². The Labute approximate surface area is 143 Å². The standard InChI is InChI=1S/C18H16N4O3/c1-11-6-7-12(10-16(11)23)18(25)20-13-4-2-3-5-15(13)22-9-8-14(21-22)17(19)24/h2-10,23H,1H3,(H2,19,24)(H,20,25). The molecule has 0 aliphatic rings. The summed E-state index contributed by atoms with van der Waals surface area (Å²) in [6, 6.07) is 13.2. The van der Waals surface area contributed by atoms with Crippen molar-refractivity contribution < 1.29 is 14.7 Å². The zero-order chi connectivity index (χ0) is 18.0. The second kappa shape index (κ2) is 6.48. The average molecular weight is 336 g/mol. The molecule has 0 spiro atoms. The number of carbonyl (C=O) groups excluding carboxylic acids is 2. The molecule has 1 aromatic heterocycles. The van der Waals surface area contributed by atoms with Crippen molar-refractivity contribution in [2.24, 2.45) is 5.73 Å². The Morgan fingerprint density at radius 1 is 1.16 bits per heavy atom. The van der Waals surface area contributed by atoms with Gasteiger partial charge >= 0.3 is 0 Å². The molecule has 1 heterocycles. The maximum Gasteiger partial charge on any atom is 0.269 e. The fourth-order valence-electron chi connectivity index (χ4n) is 2.31. The van der Waals surface area contributed by atoms with Crippen LogP contribution in [0, 0.1) is 6.92 Å². The number of aromatic hydroxyl groups is 1. The summed E-state index contributed by atoms with van der Waals surface area (Å²) in [5.74, 6) is -0.945. The van der Waals surface area contributed by atoms with Crippen molar-refractivity contribution in [2.75, 3.05) is 5.32 Å². The lowest BCUT2D eigenvalue weighted by atomic mass is 10.1. The summed E-state index contributed by atoms with van der Waals surface area (Å²) >= 11 is 0. The van der Waals surface area contributed by atoms with Crippen LogP contribution in [-0.2, 0) is 0 Å². The molecular formula is C18H16N4O3. The Morgan fingerprint density at radius 2 is 1.92 bits per heavy atom. The number of phenolic OH excluding ortho intramolecular Hbond substituents is 1. The Kier molecular flexibility index (Phi) is 4.21. The van der Waals surface area contributed by atoms with Gasteiger partial charge in [0.25, 0.3) is 11.8 Å². The number of benzene rings is 2. The lowest BCUT2D eigenvalue weighted by molar-refractivity contribution is 0.0992. The van der Waals surface area contributed by atoms with Crippen LogP contribution >= 0.6 is 0 Å². The minimum Gasteiger partial charge on any atom is -0.508 e. The molecule has 0 bridgehead atoms. The van der Waals surface area contributed by atoms with Gasteiger partial charge in [-0.3, -0.25) is 9.59 Å². The summed E-state index contributed by atoms with van der Waals surface area (Å²) < 4.78 is 1.46. The van der Waals surface area contributed by atoms with Crippen molar-refractivity contribution in [1.29, 1.82) is 0 Å². The van der Waals surface area contributed by atoms with Crippen LogP contribution < -0.4 is 11.1 Å². The van der Waals surface area contributed by atoms with Crippen LogP contribution in [0.1, 0.15) is 26.4 Å². The summed E-state index contributed by atoms with van der Waals surface area (Å²) in [6.07, 6.45) is 1.59. The molecule has 7 heteroatoms. The van der Waals surface area contributed by atoms with Gasteiger partial charge in [0.1, 0.15) is 11.4 Å². The van der Waals surface area contributed by atoms with Gasteiger partial charge in [0, 0.05) is 11.8 Å². The third kappa shape index (κ3) is 3.35. The number of nitrogens with two attached hydrogens (primary N) is 1. The Morgan fingerprint density at radius 3 is 2.60 bits per heavy atom. The predicted octanol–water partition coefficient (Wildman–Crippen LogP) is 2.24. The first-order chi connectivity index (χ1) is 12.0. The van der Waals surface area contributed by atoms with Gasteiger partial charge in [0.2, 0.25) is 0 Å². The summed E-state index contributed by atoms with van der Waals surface area (Å²) in [5.41, 5.74) is 7.45. The number of nitrogens with zero attached hydrogens (tertiary/aromatic N) is 2. The first-order valence-corrected chi connectivity index (χ1v) is 7.51. The zero-order valence-electron chi connectivity index (χ0n) is 13.4. The number of rotatable bonds is 4. The van der Waals surface area contributed by atoms with Gasteiger partial charge in [-0.2, -0.15) is 5.10 Å². The number of carbonyl (C=O) groups is 2. The fourth-order valence-corrected chi connectivity index (χ4v) is 2.31. The van der Waals surface area contributed by atoms with E-state index in [9.17, 15) is 14.7 Å². The Bertz CT molecular complexity index is 962. The number of phenols is 1. The number of anilines is 1. The average Bonchev–Trinajstić information content (AvgIpc) is 3.08. The molecular weight excluding hydrogens is 320 g/mol. The van der Waals surface area contributed by atoms with Gasteiger partial charge < -0.3 is 16.2 Å². The molecule has 7 nitrogen and oxygen atoms in total. The maximum atomic E-state index is 12.4. The van der Waals surface area contributed by atoms with Crippen LogP contribution in [0.3, 0.4) is 0 Å². The van der Waals surface area contributed by atoms with E-state index in [-0.39, 0.29) is 17.4 Å². The molecule has 0 unspecified atom stereocenters. The van der Waals surface area contributed by atoms with E-state index in [1.54, 1.807) is 49.5 Å². The number of primary amides is 1. The highest BCUT2D eigenvalue weighted by atomic mass is 16.3. The monoisotopic (exact) mass is 336 g/mol. The highest BCUT2D eigenvalue weighted by Crippen LogP contribution is 2.22. The summed E-state index contributed by atoms with van der Waals surface area (Å²) in [4.78, 5) is 23.7. The second-order valence-electron chi connectivity index (χ2n) is 5.48. The Hall–Kier alpha value is -3.61. The lowest BCUT2D eigenvalue weighted by Crippen LogP contribution is -2.15. The van der Waals surface area contributed by atoms with Crippen LogP contribution in [0.5, 0.6) is 5.75 Å². The van der Waals surface area contributed by atoms with E-state index in [0.717, 1.165) is 0 Å². The van der Waals surface area contributed by atoms with Gasteiger partial charge in [-0.15, -0.1) is 0 Å². The van der Waals surface area contributed by atoms with Crippen LogP contribution in [0.15, 0.2) is 54.7 Å². The molecule has 0 atom stereocenters. The normalized spacial score (nSPS) is 10.4. The van der Waals surface area contributed by atoms with E-state index in [4.69, 9.17) is 5.73 Å². The number of aryl methyl sites for hydroxylation is 1. The van der Waals surface area contributed by atoms with Crippen molar-refractivity contribution in [1.82, 2.24) is 9.78 Å². The first kappa shape index (κ1) is 16.3. The fraction of sp³-hybridized carbons (Fsp3) is 0.0556. The van der Waals surface area contributed by atoms with E-state index < -0.39 is 5.91 Å². The van der Waals surface area contributed by atoms with Crippen LogP contribution in [0.4, 0.5) is 5.69 Å². The highest BCUT2D eigenvalue weighted by molar-refractivity contribution is 6.05. The number of aromatic nitrogens is 2. The Balaban J connectivity index is 1.91. The molecule has 126 valence electrons. The van der Waals surface area contributed by atoms with Gasteiger partial charge in [-0.1, -0.05) is 18.2 Å². The van der Waals surface area contributed by atoms with E-state index >= 15 is 0 Å². The minimum absolute atomic E-state index is 0.0547. The SMILES string of the molecule is Cc1ccc(C(=O)Nc2ccccc2-n2ccc(C(N)=O)n2)cc1O. The molecule has 2 aromatic carbocycles. The number of amides is 2. The summed E-state index contributed by atoms with van der Waals surface area (Å²) in [5, 5.41) is 16.6. The molecule has 0 saturated heterocycles. The third-order valence-electron chi connectivity index (χ3n) is 3.71. The van der Waals surface area contributed by atoms with Crippen LogP contribution in [0.25, 0.3) is 5.69 Å². The molecule has 2 amide bonds. The summed E-state index contributed by atoms with van der Waals surface area (Å²) in [6.45, 7) is 1.75. The number of para-hydroxylation sites is 2. The second-order valence-corrected chi connectivity index (χ2v) is 5.48. The van der Waals surface area contributed by atoms with Crippen molar-refractivity contribution in [3.05, 3.63) is 71.5 Å². The molecule has 0 aliphatic carbocycles. The quantitative estimate of drug-likeness (QED) is 0.678. The topological polar surface area (TPSA) is 110 Å². The third-order valence-corrected chi connectivity index (χ3v) is 3.71. The first-order valence-electron chi connectivity index (χ1n) is 7.51. The van der Waals surface area contributed by atoms with Crippen molar-refractivity contribution in [3.8, 4) is 11.4 Å². The number of hydrogen-bond donors (Lipinski definition) is 3. The number of nitrogens with one attached hydrogen (secondary N) is 1. The molecule has 3 aromatic rings. The molecule has 0 saturated carbocycles. The van der Waals surface area contributed by atoms with Gasteiger partial charge in [0.15, 0.2) is 0 Å². The number of hydrogen-bond acceptors (Lipinski definition) is 4. The molecule has 3 rings (SSSR count). The molecule has 25 heavy (non-hydrogen) atoms. The molecule has 0 radical (unpaired) electrons. The lowest BCUT2D eigenvalue weighted by Gasteiger charge is -2.11. The van der Waals surface area contributed by atoms with Gasteiger partial charge in [-0.25, -0.2) is 4.68 Å². The minimum atomic E-state index is -0.629. The van der Waals surface area contributed by atoms with Gasteiger partial charge in [0.05, 0.1) is 11.4 Å². The van der Waals surface area contributed by atoms with Crippen molar-refractivity contribution in [3.63, 3.8) is 0 Å². The van der Waals surface area contributed by atoms with E-state index in [2.05, 4.69) is 10.4 Å². The van der Waals surface area contributed by atoms with E-state index in [1.807, 2.05) is 0 Å². The molecule has 4 N–H and O–H groups in total. The smallest absolute Gasteiger partial charge is 0.269 e. The van der Waals surface area contributed by atoms with Crippen LogP contribution in [0.2, 0.25) is 0 Å². The van der Waals surface area contributed by atoms with Crippen LogP contribution in [-0.4, -0.2) is 26.7 Å². The molecule has 0 aliphatic heterocycles. The predicted molar refractivity (Wildman–Crippen MR) is 92.9 cm³/mol. The van der Waals surface area contributed by atoms with Gasteiger partial charge in [-0.05, 0) is 42.8 Å². The largest absolute Gasteiger partial charge is 0.508 e. The maximum absolute atomic E-state index is 12.4. The highest BCUT2D eigenvalue weighted by Gasteiger charge is 2.13. The van der Waals surface area contributed by atoms with Crippen molar-refractivity contribution >= 4 is 17.5 Å².